The van der Waals surface area contributed by atoms with Crippen molar-refractivity contribution in [2.24, 2.45) is 0 Å². The van der Waals surface area contributed by atoms with Gasteiger partial charge in [0.1, 0.15) is 0 Å². The minimum Gasteiger partial charge on any atom is -0.378 e. The normalized spacial score (nSPS) is 15.1. The molecule has 1 aromatic carbocycles. The summed E-state index contributed by atoms with van der Waals surface area (Å²) < 4.78 is 5.38. The Morgan fingerprint density at radius 3 is 2.19 bits per heavy atom. The Labute approximate surface area is 125 Å². The van der Waals surface area contributed by atoms with E-state index in [4.69, 9.17) is 4.74 Å². The molecule has 1 aliphatic heterocycles. The number of nitrogens with one attached hydrogen (secondary N) is 1. The van der Waals surface area contributed by atoms with Crippen LogP contribution in [0.25, 0.3) is 0 Å². The molecule has 2 heterocycles. The second-order valence-corrected chi connectivity index (χ2v) is 5.22. The smallest absolute Gasteiger partial charge is 0.0642 e. The monoisotopic (exact) mass is 283 g/mol. The lowest BCUT2D eigenvalue weighted by Crippen LogP contribution is -2.36. The molecule has 0 unspecified atom stereocenters. The number of hydrogen-bond donors (Lipinski definition) is 1. The maximum Gasteiger partial charge on any atom is 0.0642 e. The van der Waals surface area contributed by atoms with Crippen LogP contribution in [0.15, 0.2) is 48.8 Å². The first kappa shape index (κ1) is 14.0. The minimum atomic E-state index is 0.829. The molecule has 1 aromatic heterocycles. The van der Waals surface area contributed by atoms with Gasteiger partial charge in [0.15, 0.2) is 0 Å². The van der Waals surface area contributed by atoms with Crippen molar-refractivity contribution < 1.29 is 4.74 Å². The molecule has 0 atom stereocenters. The van der Waals surface area contributed by atoms with E-state index in [0.29, 0.717) is 0 Å². The summed E-state index contributed by atoms with van der Waals surface area (Å²) in [6.45, 7) is 5.38. The summed E-state index contributed by atoms with van der Waals surface area (Å²) in [4.78, 5) is 6.40. The summed E-state index contributed by atoms with van der Waals surface area (Å²) in [6.07, 6.45) is 3.66. The topological polar surface area (TPSA) is 37.4 Å². The molecule has 0 aliphatic carbocycles. The van der Waals surface area contributed by atoms with Gasteiger partial charge in [-0.3, -0.25) is 4.98 Å². The van der Waals surface area contributed by atoms with Crippen molar-refractivity contribution in [3.8, 4) is 0 Å². The van der Waals surface area contributed by atoms with Crippen molar-refractivity contribution in [3.05, 3.63) is 59.9 Å². The number of nitrogens with zero attached hydrogens (tertiary/aromatic N) is 2. The fraction of sp³-hybridized carbons (Fsp3) is 0.353. The van der Waals surface area contributed by atoms with Gasteiger partial charge in [0.25, 0.3) is 0 Å². The van der Waals surface area contributed by atoms with Gasteiger partial charge in [-0.1, -0.05) is 12.1 Å². The number of rotatable bonds is 5. The molecule has 0 radical (unpaired) electrons. The van der Waals surface area contributed by atoms with Crippen molar-refractivity contribution in [3.63, 3.8) is 0 Å². The van der Waals surface area contributed by atoms with Crippen LogP contribution in [0, 0.1) is 0 Å². The van der Waals surface area contributed by atoms with E-state index in [9.17, 15) is 0 Å². The standard InChI is InChI=1S/C17H21N3O/c1-3-17(20-9-11-21-12-10-20)4-2-15(1)13-19-14-16-5-7-18-8-6-16/h1-8,19H,9-14H2. The van der Waals surface area contributed by atoms with Crippen LogP contribution in [0.5, 0.6) is 0 Å². The Morgan fingerprint density at radius 1 is 0.905 bits per heavy atom. The largest absolute Gasteiger partial charge is 0.378 e. The number of hydrogen-bond acceptors (Lipinski definition) is 4. The van der Waals surface area contributed by atoms with Crippen LogP contribution < -0.4 is 10.2 Å². The van der Waals surface area contributed by atoms with Gasteiger partial charge in [-0.15, -0.1) is 0 Å². The molecule has 0 saturated carbocycles. The van der Waals surface area contributed by atoms with E-state index in [-0.39, 0.29) is 0 Å². The number of ether oxygens (including phenoxy) is 1. The van der Waals surface area contributed by atoms with Gasteiger partial charge in [0.2, 0.25) is 0 Å². The molecule has 0 spiro atoms. The van der Waals surface area contributed by atoms with E-state index in [1.807, 2.05) is 24.5 Å². The Hall–Kier alpha value is -1.91. The van der Waals surface area contributed by atoms with E-state index in [1.165, 1.54) is 16.8 Å². The summed E-state index contributed by atoms with van der Waals surface area (Å²) >= 11 is 0. The third kappa shape index (κ3) is 4.03. The summed E-state index contributed by atoms with van der Waals surface area (Å²) in [6, 6.07) is 12.9. The van der Waals surface area contributed by atoms with Crippen molar-refractivity contribution >= 4 is 5.69 Å². The second kappa shape index (κ2) is 7.20. The van der Waals surface area contributed by atoms with Crippen LogP contribution in [0.2, 0.25) is 0 Å². The Bertz CT molecular complexity index is 536. The molecule has 4 nitrogen and oxygen atoms in total. The summed E-state index contributed by atoms with van der Waals surface area (Å²) in [5, 5.41) is 3.46. The molecule has 1 N–H and O–H groups in total. The van der Waals surface area contributed by atoms with Gasteiger partial charge in [-0.2, -0.15) is 0 Å². The Balaban J connectivity index is 1.50. The highest BCUT2D eigenvalue weighted by Crippen LogP contribution is 2.16. The molecule has 2 aromatic rings. The number of benzene rings is 1. The predicted octanol–water partition coefficient (Wildman–Crippen LogP) is 2.21. The maximum atomic E-state index is 5.38. The molecule has 110 valence electrons. The van der Waals surface area contributed by atoms with Gasteiger partial charge in [0, 0.05) is 44.3 Å². The van der Waals surface area contributed by atoms with E-state index in [2.05, 4.69) is 39.5 Å². The summed E-state index contributed by atoms with van der Waals surface area (Å²) in [5.41, 5.74) is 3.85. The summed E-state index contributed by atoms with van der Waals surface area (Å²) in [7, 11) is 0. The van der Waals surface area contributed by atoms with Crippen molar-refractivity contribution in [1.29, 1.82) is 0 Å². The molecule has 0 amide bonds. The van der Waals surface area contributed by atoms with Gasteiger partial charge in [-0.25, -0.2) is 0 Å². The minimum absolute atomic E-state index is 0.829. The average molecular weight is 283 g/mol. The van der Waals surface area contributed by atoms with Gasteiger partial charge in [-0.05, 0) is 35.4 Å². The quantitative estimate of drug-likeness (QED) is 0.913. The number of pyridine rings is 1. The molecule has 1 saturated heterocycles. The molecule has 4 heteroatoms. The van der Waals surface area contributed by atoms with Gasteiger partial charge < -0.3 is 15.0 Å². The molecule has 21 heavy (non-hydrogen) atoms. The van der Waals surface area contributed by atoms with Gasteiger partial charge in [0.05, 0.1) is 13.2 Å². The fourth-order valence-corrected chi connectivity index (χ4v) is 2.50. The Kier molecular flexibility index (Phi) is 4.82. The molecular formula is C17H21N3O. The number of aromatic nitrogens is 1. The lowest BCUT2D eigenvalue weighted by Gasteiger charge is -2.28. The van der Waals surface area contributed by atoms with Crippen LogP contribution in [0.3, 0.4) is 0 Å². The lowest BCUT2D eigenvalue weighted by molar-refractivity contribution is 0.122. The highest BCUT2D eigenvalue weighted by Gasteiger charge is 2.10. The first-order chi connectivity index (χ1) is 10.4. The lowest BCUT2D eigenvalue weighted by atomic mass is 10.2. The van der Waals surface area contributed by atoms with Crippen LogP contribution in [0.4, 0.5) is 5.69 Å². The zero-order valence-electron chi connectivity index (χ0n) is 12.2. The van der Waals surface area contributed by atoms with Crippen LogP contribution in [-0.2, 0) is 17.8 Å². The zero-order valence-corrected chi connectivity index (χ0v) is 12.2. The highest BCUT2D eigenvalue weighted by atomic mass is 16.5. The SMILES string of the molecule is c1cc(CNCc2ccc(N3CCOCC3)cc2)ccn1. The number of anilines is 1. The second-order valence-electron chi connectivity index (χ2n) is 5.22. The summed E-state index contributed by atoms with van der Waals surface area (Å²) in [5.74, 6) is 0. The van der Waals surface area contributed by atoms with Gasteiger partial charge >= 0.3 is 0 Å². The molecule has 1 aliphatic rings. The van der Waals surface area contributed by atoms with Crippen LogP contribution in [-0.4, -0.2) is 31.3 Å². The average Bonchev–Trinajstić information content (AvgIpc) is 2.57. The molecule has 3 rings (SSSR count). The van der Waals surface area contributed by atoms with Crippen LogP contribution in [0.1, 0.15) is 11.1 Å². The zero-order chi connectivity index (χ0) is 14.3. The first-order valence-corrected chi connectivity index (χ1v) is 7.43. The van der Waals surface area contributed by atoms with Crippen molar-refractivity contribution in [2.45, 2.75) is 13.1 Å². The van der Waals surface area contributed by atoms with Crippen molar-refractivity contribution in [1.82, 2.24) is 10.3 Å². The number of morpholine rings is 1. The van der Waals surface area contributed by atoms with E-state index >= 15 is 0 Å². The maximum absolute atomic E-state index is 5.38. The third-order valence-electron chi connectivity index (χ3n) is 3.72. The highest BCUT2D eigenvalue weighted by molar-refractivity contribution is 5.47. The first-order valence-electron chi connectivity index (χ1n) is 7.43. The fourth-order valence-electron chi connectivity index (χ4n) is 2.50. The Morgan fingerprint density at radius 2 is 1.52 bits per heavy atom. The van der Waals surface area contributed by atoms with Crippen molar-refractivity contribution in [2.75, 3.05) is 31.2 Å². The van der Waals surface area contributed by atoms with Crippen LogP contribution >= 0.6 is 0 Å². The molecule has 1 fully saturated rings. The van der Waals surface area contributed by atoms with E-state index in [0.717, 1.165) is 39.4 Å². The van der Waals surface area contributed by atoms with E-state index in [1.54, 1.807) is 0 Å². The van der Waals surface area contributed by atoms with E-state index < -0.39 is 0 Å². The molecule has 0 bridgehead atoms. The third-order valence-corrected chi connectivity index (χ3v) is 3.72. The molecular weight excluding hydrogens is 262 g/mol. The predicted molar refractivity (Wildman–Crippen MR) is 84.3 cm³/mol.